The largest absolute Gasteiger partial charge is 0.481 e. The van der Waals surface area contributed by atoms with E-state index in [-0.39, 0.29) is 5.91 Å². The lowest BCUT2D eigenvalue weighted by atomic mass is 10.3. The Labute approximate surface area is 152 Å². The van der Waals surface area contributed by atoms with Crippen LogP contribution in [0.5, 0.6) is 5.75 Å². The molecule has 0 bridgehead atoms. The first kappa shape index (κ1) is 16.4. The molecule has 24 heavy (non-hydrogen) atoms. The molecule has 1 amide bonds. The Bertz CT molecular complexity index is 803. The summed E-state index contributed by atoms with van der Waals surface area (Å²) in [4.78, 5) is 12.2. The number of tetrazole rings is 1. The van der Waals surface area contributed by atoms with E-state index in [4.69, 9.17) is 4.74 Å². The number of benzene rings is 2. The molecule has 1 unspecified atom stereocenters. The molecule has 0 saturated heterocycles. The van der Waals surface area contributed by atoms with Crippen LogP contribution in [0.1, 0.15) is 6.92 Å². The quantitative estimate of drug-likeness (QED) is 0.624. The van der Waals surface area contributed by atoms with Gasteiger partial charge in [-0.3, -0.25) is 4.79 Å². The predicted molar refractivity (Wildman–Crippen MR) is 97.0 cm³/mol. The zero-order valence-corrected chi connectivity index (χ0v) is 14.9. The number of carbonyl (C=O) groups excluding carboxylic acids is 1. The number of hydrogen-bond acceptors (Lipinski definition) is 5. The van der Waals surface area contributed by atoms with E-state index in [1.165, 1.54) is 11.0 Å². The summed E-state index contributed by atoms with van der Waals surface area (Å²) in [6.07, 6.45) is 0.885. The van der Waals surface area contributed by atoms with Gasteiger partial charge in [0, 0.05) is 9.26 Å². The van der Waals surface area contributed by atoms with Crippen molar-refractivity contribution in [1.82, 2.24) is 20.2 Å². The van der Waals surface area contributed by atoms with E-state index in [2.05, 4.69) is 43.4 Å². The van der Waals surface area contributed by atoms with Crippen LogP contribution >= 0.6 is 22.6 Å². The minimum absolute atomic E-state index is 0.208. The number of rotatable bonds is 5. The van der Waals surface area contributed by atoms with E-state index in [0.717, 1.165) is 14.9 Å². The molecule has 1 heterocycles. The van der Waals surface area contributed by atoms with Crippen LogP contribution in [0.4, 0.5) is 5.69 Å². The van der Waals surface area contributed by atoms with Gasteiger partial charge in [0.05, 0.1) is 5.69 Å². The van der Waals surface area contributed by atoms with E-state index < -0.39 is 6.10 Å². The van der Waals surface area contributed by atoms with Crippen molar-refractivity contribution in [2.24, 2.45) is 0 Å². The number of hydrogen-bond donors (Lipinski definition) is 1. The first-order chi connectivity index (χ1) is 11.6. The molecule has 1 N–H and O–H groups in total. The van der Waals surface area contributed by atoms with Gasteiger partial charge in [-0.1, -0.05) is 0 Å². The first-order valence-corrected chi connectivity index (χ1v) is 8.26. The smallest absolute Gasteiger partial charge is 0.265 e. The molecule has 0 spiro atoms. The standard InChI is InChI=1S/C16H14IN5O2/c1-11(16(23)19-13-4-2-12(17)3-5-13)24-15-8-6-14(7-9-15)22-10-18-20-21-22/h2-11H,1H3,(H,19,23). The molecule has 0 saturated carbocycles. The summed E-state index contributed by atoms with van der Waals surface area (Å²) in [5.74, 6) is 0.387. The van der Waals surface area contributed by atoms with Gasteiger partial charge < -0.3 is 10.1 Å². The molecule has 1 atom stereocenters. The van der Waals surface area contributed by atoms with Gasteiger partial charge in [0.15, 0.2) is 6.10 Å². The maximum Gasteiger partial charge on any atom is 0.265 e. The predicted octanol–water partition coefficient (Wildman–Crippen LogP) is 2.67. The van der Waals surface area contributed by atoms with Crippen molar-refractivity contribution in [3.8, 4) is 11.4 Å². The van der Waals surface area contributed by atoms with Crippen molar-refractivity contribution in [1.29, 1.82) is 0 Å². The summed E-state index contributed by atoms with van der Waals surface area (Å²) in [6.45, 7) is 1.71. The van der Waals surface area contributed by atoms with Gasteiger partial charge >= 0.3 is 0 Å². The van der Waals surface area contributed by atoms with Crippen molar-refractivity contribution < 1.29 is 9.53 Å². The number of nitrogens with one attached hydrogen (secondary N) is 1. The summed E-state index contributed by atoms with van der Waals surface area (Å²) in [6, 6.07) is 14.7. The lowest BCUT2D eigenvalue weighted by molar-refractivity contribution is -0.122. The highest BCUT2D eigenvalue weighted by Crippen LogP contribution is 2.17. The molecule has 8 heteroatoms. The van der Waals surface area contributed by atoms with Crippen LogP contribution < -0.4 is 10.1 Å². The average Bonchev–Trinajstić information content (AvgIpc) is 3.12. The van der Waals surface area contributed by atoms with E-state index >= 15 is 0 Å². The summed E-state index contributed by atoms with van der Waals surface area (Å²) in [5.41, 5.74) is 1.55. The van der Waals surface area contributed by atoms with Gasteiger partial charge in [0.25, 0.3) is 5.91 Å². The monoisotopic (exact) mass is 435 g/mol. The molecule has 0 fully saturated rings. The Morgan fingerprint density at radius 3 is 2.50 bits per heavy atom. The highest BCUT2D eigenvalue weighted by atomic mass is 127. The van der Waals surface area contributed by atoms with Crippen molar-refractivity contribution in [2.75, 3.05) is 5.32 Å². The third-order valence-corrected chi connectivity index (χ3v) is 3.96. The Kier molecular flexibility index (Phi) is 5.04. The maximum atomic E-state index is 12.2. The van der Waals surface area contributed by atoms with Crippen molar-refractivity contribution in [3.63, 3.8) is 0 Å². The zero-order chi connectivity index (χ0) is 16.9. The van der Waals surface area contributed by atoms with Crippen molar-refractivity contribution in [3.05, 3.63) is 58.4 Å². The molecule has 0 aliphatic rings. The lowest BCUT2D eigenvalue weighted by Crippen LogP contribution is -2.30. The fraction of sp³-hybridized carbons (Fsp3) is 0.125. The number of amides is 1. The van der Waals surface area contributed by atoms with E-state index in [1.54, 1.807) is 19.1 Å². The molecule has 122 valence electrons. The molecular weight excluding hydrogens is 421 g/mol. The van der Waals surface area contributed by atoms with Crippen LogP contribution in [-0.2, 0) is 4.79 Å². The van der Waals surface area contributed by atoms with Gasteiger partial charge in [-0.15, -0.1) is 5.10 Å². The van der Waals surface area contributed by atoms with Crippen LogP contribution in [0, 0.1) is 3.57 Å². The lowest BCUT2D eigenvalue weighted by Gasteiger charge is -2.15. The van der Waals surface area contributed by atoms with Crippen LogP contribution in [0.2, 0.25) is 0 Å². The Morgan fingerprint density at radius 2 is 1.88 bits per heavy atom. The highest BCUT2D eigenvalue weighted by molar-refractivity contribution is 14.1. The third kappa shape index (κ3) is 4.07. The van der Waals surface area contributed by atoms with E-state index in [0.29, 0.717) is 5.75 Å². The first-order valence-electron chi connectivity index (χ1n) is 7.18. The van der Waals surface area contributed by atoms with Crippen molar-refractivity contribution >= 4 is 34.2 Å². The second-order valence-electron chi connectivity index (χ2n) is 5.00. The Balaban J connectivity index is 1.60. The third-order valence-electron chi connectivity index (χ3n) is 3.24. The number of carbonyl (C=O) groups is 1. The Hall–Kier alpha value is -2.49. The topological polar surface area (TPSA) is 81.9 Å². The van der Waals surface area contributed by atoms with Gasteiger partial charge in [-0.25, -0.2) is 4.68 Å². The average molecular weight is 435 g/mol. The second-order valence-corrected chi connectivity index (χ2v) is 6.25. The van der Waals surface area contributed by atoms with Gasteiger partial charge in [-0.2, -0.15) is 0 Å². The van der Waals surface area contributed by atoms with E-state index in [9.17, 15) is 4.79 Å². The molecule has 0 aliphatic carbocycles. The van der Waals surface area contributed by atoms with E-state index in [1.807, 2.05) is 36.4 Å². The summed E-state index contributed by atoms with van der Waals surface area (Å²) < 4.78 is 8.32. The molecule has 3 aromatic rings. The minimum Gasteiger partial charge on any atom is -0.481 e. The summed E-state index contributed by atoms with van der Waals surface area (Å²) in [5, 5.41) is 13.8. The molecule has 0 radical (unpaired) electrons. The zero-order valence-electron chi connectivity index (χ0n) is 12.8. The number of halogens is 1. The molecule has 2 aromatic carbocycles. The molecule has 1 aromatic heterocycles. The van der Waals surface area contributed by atoms with Crippen LogP contribution in [0.15, 0.2) is 54.9 Å². The molecule has 0 aliphatic heterocycles. The maximum absolute atomic E-state index is 12.2. The number of nitrogens with zero attached hydrogens (tertiary/aromatic N) is 4. The van der Waals surface area contributed by atoms with Crippen LogP contribution in [-0.4, -0.2) is 32.2 Å². The molecular formula is C16H14IN5O2. The summed E-state index contributed by atoms with van der Waals surface area (Å²) >= 11 is 2.21. The molecule has 3 rings (SSSR count). The Morgan fingerprint density at radius 1 is 1.17 bits per heavy atom. The van der Waals surface area contributed by atoms with Gasteiger partial charge in [0.1, 0.15) is 12.1 Å². The number of anilines is 1. The minimum atomic E-state index is -0.622. The van der Waals surface area contributed by atoms with Gasteiger partial charge in [0.2, 0.25) is 0 Å². The van der Waals surface area contributed by atoms with Crippen LogP contribution in [0.25, 0.3) is 5.69 Å². The normalized spacial score (nSPS) is 11.8. The highest BCUT2D eigenvalue weighted by Gasteiger charge is 2.15. The number of ether oxygens (including phenoxy) is 1. The fourth-order valence-corrected chi connectivity index (χ4v) is 2.35. The SMILES string of the molecule is CC(Oc1ccc(-n2cnnn2)cc1)C(=O)Nc1ccc(I)cc1. The summed E-state index contributed by atoms with van der Waals surface area (Å²) in [7, 11) is 0. The van der Waals surface area contributed by atoms with Crippen molar-refractivity contribution in [2.45, 2.75) is 13.0 Å². The van der Waals surface area contributed by atoms with Gasteiger partial charge in [-0.05, 0) is 88.5 Å². The number of aromatic nitrogens is 4. The fourth-order valence-electron chi connectivity index (χ4n) is 1.99. The van der Waals surface area contributed by atoms with Crippen LogP contribution in [0.3, 0.4) is 0 Å². The second kappa shape index (κ2) is 7.39. The molecule has 7 nitrogen and oxygen atoms in total.